The molecule has 0 aromatic heterocycles. The fourth-order valence-corrected chi connectivity index (χ4v) is 1.71. The van der Waals surface area contributed by atoms with Gasteiger partial charge in [-0.3, -0.25) is 0 Å². The molecule has 0 radical (unpaired) electrons. The number of anilines is 1. The summed E-state index contributed by atoms with van der Waals surface area (Å²) in [6, 6.07) is 3.45. The van der Waals surface area contributed by atoms with Crippen molar-refractivity contribution >= 4 is 11.7 Å². The first-order valence-corrected chi connectivity index (χ1v) is 6.59. The van der Waals surface area contributed by atoms with Gasteiger partial charge in [-0.25, -0.2) is 9.18 Å². The Morgan fingerprint density at radius 3 is 2.76 bits per heavy atom. The van der Waals surface area contributed by atoms with Crippen LogP contribution in [0.1, 0.15) is 19.8 Å². The Morgan fingerprint density at radius 1 is 1.48 bits per heavy atom. The minimum Gasteiger partial charge on any atom is -0.497 e. The molecule has 0 heterocycles. The van der Waals surface area contributed by atoms with E-state index in [1.54, 1.807) is 6.92 Å². The van der Waals surface area contributed by atoms with Crippen molar-refractivity contribution in [1.82, 2.24) is 5.32 Å². The number of hydrogen-bond acceptors (Lipinski definition) is 4. The molecule has 7 heteroatoms. The van der Waals surface area contributed by atoms with Crippen LogP contribution in [-0.4, -0.2) is 42.1 Å². The van der Waals surface area contributed by atoms with E-state index in [0.29, 0.717) is 18.6 Å². The zero-order chi connectivity index (χ0) is 15.9. The number of rotatable bonds is 7. The van der Waals surface area contributed by atoms with Crippen molar-refractivity contribution in [2.24, 2.45) is 0 Å². The zero-order valence-electron chi connectivity index (χ0n) is 12.1. The van der Waals surface area contributed by atoms with Crippen LogP contribution in [0.5, 0.6) is 5.75 Å². The molecule has 0 aliphatic carbocycles. The van der Waals surface area contributed by atoms with Crippen molar-refractivity contribution in [2.45, 2.75) is 25.4 Å². The third-order valence-electron chi connectivity index (χ3n) is 2.93. The molecule has 0 bridgehead atoms. The SMILES string of the molecule is COc1ccc(NC(=O)NCC(C)(O)CCCO)c(F)c1. The number of halogens is 1. The van der Waals surface area contributed by atoms with Gasteiger partial charge in [-0.15, -0.1) is 0 Å². The van der Waals surface area contributed by atoms with E-state index in [1.807, 2.05) is 0 Å². The Morgan fingerprint density at radius 2 is 2.19 bits per heavy atom. The van der Waals surface area contributed by atoms with E-state index in [1.165, 1.54) is 19.2 Å². The lowest BCUT2D eigenvalue weighted by atomic mass is 10.0. The molecule has 0 aliphatic heterocycles. The van der Waals surface area contributed by atoms with Gasteiger partial charge in [0, 0.05) is 19.2 Å². The van der Waals surface area contributed by atoms with Gasteiger partial charge in [0.1, 0.15) is 11.6 Å². The Kier molecular flexibility index (Phi) is 6.39. The van der Waals surface area contributed by atoms with E-state index < -0.39 is 17.4 Å². The molecule has 118 valence electrons. The van der Waals surface area contributed by atoms with Crippen LogP contribution in [0.25, 0.3) is 0 Å². The number of ether oxygens (including phenoxy) is 1. The number of nitrogens with one attached hydrogen (secondary N) is 2. The molecule has 4 N–H and O–H groups in total. The zero-order valence-corrected chi connectivity index (χ0v) is 12.1. The summed E-state index contributed by atoms with van der Waals surface area (Å²) in [5.74, 6) is -0.262. The van der Waals surface area contributed by atoms with Crippen LogP contribution < -0.4 is 15.4 Å². The number of hydrogen-bond donors (Lipinski definition) is 4. The molecule has 2 amide bonds. The summed E-state index contributed by atoms with van der Waals surface area (Å²) in [5, 5.41) is 23.5. The minimum atomic E-state index is -1.13. The molecule has 0 aliphatic rings. The molecule has 21 heavy (non-hydrogen) atoms. The van der Waals surface area contributed by atoms with E-state index in [9.17, 15) is 14.3 Å². The van der Waals surface area contributed by atoms with Gasteiger partial charge >= 0.3 is 6.03 Å². The maximum absolute atomic E-state index is 13.6. The summed E-state index contributed by atoms with van der Waals surface area (Å²) >= 11 is 0. The first-order valence-electron chi connectivity index (χ1n) is 6.59. The lowest BCUT2D eigenvalue weighted by Crippen LogP contribution is -2.42. The van der Waals surface area contributed by atoms with Crippen molar-refractivity contribution in [3.63, 3.8) is 0 Å². The van der Waals surface area contributed by atoms with E-state index in [2.05, 4.69) is 10.6 Å². The predicted octanol–water partition coefficient (Wildman–Crippen LogP) is 1.48. The second-order valence-electron chi connectivity index (χ2n) is 4.98. The topological polar surface area (TPSA) is 90.8 Å². The molecule has 0 spiro atoms. The number of amides is 2. The highest BCUT2D eigenvalue weighted by molar-refractivity contribution is 5.89. The summed E-state index contributed by atoms with van der Waals surface area (Å²) in [6.07, 6.45) is 0.782. The summed E-state index contributed by atoms with van der Waals surface area (Å²) in [5.41, 5.74) is -1.11. The van der Waals surface area contributed by atoms with Gasteiger partial charge in [0.15, 0.2) is 0 Å². The second kappa shape index (κ2) is 7.80. The van der Waals surface area contributed by atoms with Gasteiger partial charge in [-0.2, -0.15) is 0 Å². The highest BCUT2D eigenvalue weighted by atomic mass is 19.1. The summed E-state index contributed by atoms with van der Waals surface area (Å²) in [6.45, 7) is 1.52. The molecular weight excluding hydrogens is 279 g/mol. The average molecular weight is 300 g/mol. The fourth-order valence-electron chi connectivity index (χ4n) is 1.71. The standard InChI is InChI=1S/C14H21FN2O4/c1-14(20,6-3-7-18)9-16-13(19)17-12-5-4-10(21-2)8-11(12)15/h4-5,8,18,20H,3,6-7,9H2,1-2H3,(H2,16,17,19). The molecule has 0 fully saturated rings. The van der Waals surface area contributed by atoms with Crippen molar-refractivity contribution in [3.05, 3.63) is 24.0 Å². The lowest BCUT2D eigenvalue weighted by molar-refractivity contribution is 0.0464. The number of methoxy groups -OCH3 is 1. The normalized spacial score (nSPS) is 13.4. The van der Waals surface area contributed by atoms with Gasteiger partial charge in [0.2, 0.25) is 0 Å². The van der Waals surface area contributed by atoms with Crippen molar-refractivity contribution < 1.29 is 24.1 Å². The highest BCUT2D eigenvalue weighted by Crippen LogP contribution is 2.20. The van der Waals surface area contributed by atoms with Crippen LogP contribution in [0.4, 0.5) is 14.9 Å². The van der Waals surface area contributed by atoms with Crippen LogP contribution in [-0.2, 0) is 0 Å². The smallest absolute Gasteiger partial charge is 0.319 e. The van der Waals surface area contributed by atoms with Gasteiger partial charge in [0.25, 0.3) is 0 Å². The Hall–Kier alpha value is -1.86. The van der Waals surface area contributed by atoms with E-state index in [0.717, 1.165) is 6.07 Å². The van der Waals surface area contributed by atoms with E-state index >= 15 is 0 Å². The summed E-state index contributed by atoms with van der Waals surface area (Å²) < 4.78 is 18.5. The molecule has 1 rings (SSSR count). The number of aliphatic hydroxyl groups excluding tert-OH is 1. The molecule has 0 saturated carbocycles. The van der Waals surface area contributed by atoms with E-state index in [-0.39, 0.29) is 18.8 Å². The number of benzene rings is 1. The van der Waals surface area contributed by atoms with Crippen LogP contribution >= 0.6 is 0 Å². The number of carbonyl (C=O) groups excluding carboxylic acids is 1. The Bertz CT molecular complexity index is 480. The predicted molar refractivity (Wildman–Crippen MR) is 76.9 cm³/mol. The fraction of sp³-hybridized carbons (Fsp3) is 0.500. The van der Waals surface area contributed by atoms with Gasteiger partial charge in [0.05, 0.1) is 18.4 Å². The quantitative estimate of drug-likeness (QED) is 0.614. The largest absolute Gasteiger partial charge is 0.497 e. The molecule has 1 unspecified atom stereocenters. The lowest BCUT2D eigenvalue weighted by Gasteiger charge is -2.23. The van der Waals surface area contributed by atoms with Gasteiger partial charge in [-0.05, 0) is 31.9 Å². The van der Waals surface area contributed by atoms with Crippen LogP contribution in [0.15, 0.2) is 18.2 Å². The first kappa shape index (κ1) is 17.2. The number of carbonyl (C=O) groups is 1. The molecule has 1 atom stereocenters. The second-order valence-corrected chi connectivity index (χ2v) is 4.98. The Labute approximate surface area is 122 Å². The first-order chi connectivity index (χ1) is 9.88. The maximum Gasteiger partial charge on any atom is 0.319 e. The van der Waals surface area contributed by atoms with E-state index in [4.69, 9.17) is 9.84 Å². The minimum absolute atomic E-state index is 0.00337. The number of urea groups is 1. The Balaban J connectivity index is 2.50. The highest BCUT2D eigenvalue weighted by Gasteiger charge is 2.20. The molecule has 1 aromatic rings. The summed E-state index contributed by atoms with van der Waals surface area (Å²) in [4.78, 5) is 11.7. The molecule has 1 aromatic carbocycles. The average Bonchev–Trinajstić information content (AvgIpc) is 2.45. The monoisotopic (exact) mass is 300 g/mol. The summed E-state index contributed by atoms with van der Waals surface area (Å²) in [7, 11) is 1.42. The van der Waals surface area contributed by atoms with Gasteiger partial charge in [-0.1, -0.05) is 0 Å². The third kappa shape index (κ3) is 5.97. The van der Waals surface area contributed by atoms with Gasteiger partial charge < -0.3 is 25.6 Å². The van der Waals surface area contributed by atoms with Crippen molar-refractivity contribution in [2.75, 3.05) is 25.6 Å². The van der Waals surface area contributed by atoms with Crippen molar-refractivity contribution in [1.29, 1.82) is 0 Å². The molecular formula is C14H21FN2O4. The van der Waals surface area contributed by atoms with Crippen LogP contribution in [0.3, 0.4) is 0 Å². The molecule has 6 nitrogen and oxygen atoms in total. The van der Waals surface area contributed by atoms with Crippen LogP contribution in [0.2, 0.25) is 0 Å². The maximum atomic E-state index is 13.6. The van der Waals surface area contributed by atoms with Crippen LogP contribution in [0, 0.1) is 5.82 Å². The molecule has 0 saturated heterocycles. The van der Waals surface area contributed by atoms with Crippen molar-refractivity contribution in [3.8, 4) is 5.75 Å². The number of aliphatic hydroxyl groups is 2. The third-order valence-corrected chi connectivity index (χ3v) is 2.93.